The number of amides is 1. The number of halogens is 1. The lowest BCUT2D eigenvalue weighted by molar-refractivity contribution is -0.116. The average molecular weight is 360 g/mol. The number of rotatable bonds is 5. The topological polar surface area (TPSA) is 46.9 Å². The van der Waals surface area contributed by atoms with Gasteiger partial charge in [-0.05, 0) is 36.5 Å². The van der Waals surface area contributed by atoms with Gasteiger partial charge in [-0.2, -0.15) is 5.10 Å². The molecule has 0 fully saturated rings. The number of nitrogens with zero attached hydrogens (tertiary/aromatic N) is 2. The molecule has 114 valence electrons. The number of aromatic nitrogens is 2. The monoisotopic (exact) mass is 359 g/mol. The van der Waals surface area contributed by atoms with E-state index in [9.17, 15) is 4.79 Å². The minimum absolute atomic E-state index is 0.0501. The Balaban J connectivity index is 1.62. The fraction of sp³-hybridized carbons (Fsp3) is 0.294. The SMILES string of the molecule is O=C(CC1C=CCC1)Nc1ccnn1Cc1ccc(Br)cc1. The number of anilines is 1. The Kier molecular flexibility index (Phi) is 4.73. The van der Waals surface area contributed by atoms with Crippen molar-refractivity contribution in [3.63, 3.8) is 0 Å². The van der Waals surface area contributed by atoms with Gasteiger partial charge >= 0.3 is 0 Å². The average Bonchev–Trinajstić information content (AvgIpc) is 3.14. The molecule has 1 heterocycles. The molecular weight excluding hydrogens is 342 g/mol. The maximum atomic E-state index is 12.1. The van der Waals surface area contributed by atoms with Crippen LogP contribution >= 0.6 is 15.9 Å². The van der Waals surface area contributed by atoms with Gasteiger partial charge in [0.1, 0.15) is 5.82 Å². The van der Waals surface area contributed by atoms with Crippen LogP contribution in [0.4, 0.5) is 5.82 Å². The molecule has 1 aromatic carbocycles. The minimum atomic E-state index is 0.0501. The van der Waals surface area contributed by atoms with Crippen LogP contribution in [0.1, 0.15) is 24.8 Å². The smallest absolute Gasteiger partial charge is 0.226 e. The Morgan fingerprint density at radius 3 is 2.86 bits per heavy atom. The molecule has 1 aliphatic carbocycles. The summed E-state index contributed by atoms with van der Waals surface area (Å²) < 4.78 is 2.86. The molecule has 22 heavy (non-hydrogen) atoms. The zero-order valence-electron chi connectivity index (χ0n) is 12.2. The molecule has 1 aliphatic rings. The highest BCUT2D eigenvalue weighted by Crippen LogP contribution is 2.21. The Labute approximate surface area is 138 Å². The lowest BCUT2D eigenvalue weighted by Gasteiger charge is -2.11. The van der Waals surface area contributed by atoms with Crippen molar-refractivity contribution < 1.29 is 4.79 Å². The van der Waals surface area contributed by atoms with Gasteiger partial charge in [-0.3, -0.25) is 4.79 Å². The van der Waals surface area contributed by atoms with Gasteiger partial charge in [-0.1, -0.05) is 40.2 Å². The van der Waals surface area contributed by atoms with E-state index in [0.29, 0.717) is 18.9 Å². The zero-order valence-corrected chi connectivity index (χ0v) is 13.8. The van der Waals surface area contributed by atoms with Crippen molar-refractivity contribution >= 4 is 27.7 Å². The van der Waals surface area contributed by atoms with Gasteiger partial charge in [0.15, 0.2) is 0 Å². The summed E-state index contributed by atoms with van der Waals surface area (Å²) in [5, 5.41) is 7.26. The van der Waals surface area contributed by atoms with E-state index >= 15 is 0 Å². The third kappa shape index (κ3) is 3.85. The minimum Gasteiger partial charge on any atom is -0.311 e. The summed E-state index contributed by atoms with van der Waals surface area (Å²) in [4.78, 5) is 12.1. The van der Waals surface area contributed by atoms with E-state index in [0.717, 1.165) is 28.7 Å². The standard InChI is InChI=1S/C17H18BrN3O/c18-15-7-5-14(6-8-15)12-21-16(9-10-19-21)20-17(22)11-13-3-1-2-4-13/h1,3,5-10,13H,2,4,11-12H2,(H,20,22). The quantitative estimate of drug-likeness (QED) is 0.820. The molecule has 1 amide bonds. The van der Waals surface area contributed by atoms with Gasteiger partial charge in [-0.25, -0.2) is 4.68 Å². The summed E-state index contributed by atoms with van der Waals surface area (Å²) in [6, 6.07) is 9.93. The number of benzene rings is 1. The summed E-state index contributed by atoms with van der Waals surface area (Å²) in [6.45, 7) is 0.638. The van der Waals surface area contributed by atoms with Crippen LogP contribution in [0.3, 0.4) is 0 Å². The first-order valence-electron chi connectivity index (χ1n) is 7.43. The first-order valence-corrected chi connectivity index (χ1v) is 8.23. The van der Waals surface area contributed by atoms with Crippen LogP contribution in [0, 0.1) is 5.92 Å². The van der Waals surface area contributed by atoms with Crippen molar-refractivity contribution in [1.82, 2.24) is 9.78 Å². The van der Waals surface area contributed by atoms with Gasteiger partial charge in [-0.15, -0.1) is 0 Å². The molecule has 5 heteroatoms. The summed E-state index contributed by atoms with van der Waals surface area (Å²) in [6.07, 6.45) is 8.70. The molecule has 1 N–H and O–H groups in total. The Morgan fingerprint density at radius 1 is 1.32 bits per heavy atom. The molecule has 2 aromatic rings. The van der Waals surface area contributed by atoms with Crippen LogP contribution in [0.5, 0.6) is 0 Å². The molecule has 1 atom stereocenters. The van der Waals surface area contributed by atoms with Crippen LogP contribution in [-0.2, 0) is 11.3 Å². The van der Waals surface area contributed by atoms with Gasteiger partial charge in [0.2, 0.25) is 5.91 Å². The van der Waals surface area contributed by atoms with E-state index in [1.165, 1.54) is 0 Å². The highest BCUT2D eigenvalue weighted by atomic mass is 79.9. The molecule has 4 nitrogen and oxygen atoms in total. The first-order chi connectivity index (χ1) is 10.7. The third-order valence-corrected chi connectivity index (χ3v) is 4.32. The molecule has 3 rings (SSSR count). The highest BCUT2D eigenvalue weighted by Gasteiger charge is 2.15. The molecule has 0 radical (unpaired) electrons. The van der Waals surface area contributed by atoms with Crippen LogP contribution in [0.25, 0.3) is 0 Å². The summed E-state index contributed by atoms with van der Waals surface area (Å²) >= 11 is 3.43. The fourth-order valence-electron chi connectivity index (χ4n) is 2.62. The number of carbonyl (C=O) groups excluding carboxylic acids is 1. The maximum absolute atomic E-state index is 12.1. The summed E-state index contributed by atoms with van der Waals surface area (Å²) in [7, 11) is 0. The van der Waals surface area contributed by atoms with Crippen LogP contribution in [0.2, 0.25) is 0 Å². The first kappa shape index (κ1) is 15.0. The third-order valence-electron chi connectivity index (χ3n) is 3.79. The van der Waals surface area contributed by atoms with Crippen LogP contribution in [0.15, 0.2) is 53.2 Å². The largest absolute Gasteiger partial charge is 0.311 e. The number of nitrogens with one attached hydrogen (secondary N) is 1. The Morgan fingerprint density at radius 2 is 2.14 bits per heavy atom. The Bertz CT molecular complexity index is 675. The Hall–Kier alpha value is -1.88. The number of carbonyl (C=O) groups is 1. The van der Waals surface area contributed by atoms with Crippen molar-refractivity contribution in [1.29, 1.82) is 0 Å². The number of allylic oxidation sites excluding steroid dienone is 2. The normalized spacial score (nSPS) is 16.9. The second-order valence-electron chi connectivity index (χ2n) is 5.52. The van der Waals surface area contributed by atoms with E-state index in [1.54, 1.807) is 6.20 Å². The van der Waals surface area contributed by atoms with Crippen molar-refractivity contribution in [2.45, 2.75) is 25.8 Å². The maximum Gasteiger partial charge on any atom is 0.226 e. The van der Waals surface area contributed by atoms with Crippen LogP contribution < -0.4 is 5.32 Å². The van der Waals surface area contributed by atoms with Gasteiger partial charge < -0.3 is 5.32 Å². The van der Waals surface area contributed by atoms with Gasteiger partial charge in [0.25, 0.3) is 0 Å². The predicted molar refractivity (Wildman–Crippen MR) is 90.6 cm³/mol. The van der Waals surface area contributed by atoms with E-state index in [1.807, 2.05) is 35.0 Å². The van der Waals surface area contributed by atoms with Crippen LogP contribution in [-0.4, -0.2) is 15.7 Å². The number of hydrogen-bond acceptors (Lipinski definition) is 2. The van der Waals surface area contributed by atoms with Crippen molar-refractivity contribution in [2.24, 2.45) is 5.92 Å². The lowest BCUT2D eigenvalue weighted by atomic mass is 10.1. The highest BCUT2D eigenvalue weighted by molar-refractivity contribution is 9.10. The summed E-state index contributed by atoms with van der Waals surface area (Å²) in [5.74, 6) is 1.17. The van der Waals surface area contributed by atoms with Gasteiger partial charge in [0.05, 0.1) is 12.7 Å². The predicted octanol–water partition coefficient (Wildman–Crippen LogP) is 3.99. The van der Waals surface area contributed by atoms with Crippen molar-refractivity contribution in [3.8, 4) is 0 Å². The molecule has 0 aliphatic heterocycles. The van der Waals surface area contributed by atoms with E-state index < -0.39 is 0 Å². The van der Waals surface area contributed by atoms with Gasteiger partial charge in [0, 0.05) is 17.0 Å². The molecule has 0 bridgehead atoms. The second kappa shape index (κ2) is 6.92. The molecule has 0 spiro atoms. The fourth-order valence-corrected chi connectivity index (χ4v) is 2.89. The number of hydrogen-bond donors (Lipinski definition) is 1. The van der Waals surface area contributed by atoms with E-state index in [4.69, 9.17) is 0 Å². The summed E-state index contributed by atoms with van der Waals surface area (Å²) in [5.41, 5.74) is 1.14. The van der Waals surface area contributed by atoms with Crippen molar-refractivity contribution in [3.05, 3.63) is 58.7 Å². The molecule has 0 saturated carbocycles. The lowest BCUT2D eigenvalue weighted by Crippen LogP contribution is -2.18. The second-order valence-corrected chi connectivity index (χ2v) is 6.43. The zero-order chi connectivity index (χ0) is 15.4. The van der Waals surface area contributed by atoms with E-state index in [-0.39, 0.29) is 5.91 Å². The molecule has 1 aromatic heterocycles. The molecular formula is C17H18BrN3O. The molecule has 0 saturated heterocycles. The van der Waals surface area contributed by atoms with E-state index in [2.05, 4.69) is 38.5 Å². The molecule has 1 unspecified atom stereocenters. The van der Waals surface area contributed by atoms with Crippen molar-refractivity contribution in [2.75, 3.05) is 5.32 Å².